The average molecular weight is 275 g/mol. The molecule has 2 aromatic rings. The van der Waals surface area contributed by atoms with Crippen molar-refractivity contribution in [1.82, 2.24) is 15.0 Å². The van der Waals surface area contributed by atoms with Crippen molar-refractivity contribution in [2.45, 2.75) is 18.7 Å². The zero-order chi connectivity index (χ0) is 14.0. The van der Waals surface area contributed by atoms with E-state index in [1.54, 1.807) is 0 Å². The van der Waals surface area contributed by atoms with Crippen LogP contribution in [0, 0.1) is 5.82 Å². The molecule has 0 amide bonds. The highest BCUT2D eigenvalue weighted by Gasteiger charge is 2.41. The van der Waals surface area contributed by atoms with Crippen molar-refractivity contribution < 1.29 is 22.7 Å². The summed E-state index contributed by atoms with van der Waals surface area (Å²) in [6.07, 6.45) is -3.88. The standard InChI is InChI=1S/C11H9F4N3O/c12-8-5-16-2-1-6(8)3-7-4-17-10(18-7)9(19)11(13,14)15/h1-2,4-5,9,19H,3H2,(H,17,18). The summed E-state index contributed by atoms with van der Waals surface area (Å²) in [5.41, 5.74) is 0.456. The second-order valence-electron chi connectivity index (χ2n) is 3.87. The molecule has 0 radical (unpaired) electrons. The van der Waals surface area contributed by atoms with Gasteiger partial charge in [0.1, 0.15) is 11.6 Å². The Morgan fingerprint density at radius 3 is 2.74 bits per heavy atom. The first-order chi connectivity index (χ1) is 8.88. The second kappa shape index (κ2) is 4.96. The lowest BCUT2D eigenvalue weighted by Crippen LogP contribution is -2.21. The monoisotopic (exact) mass is 275 g/mol. The molecule has 0 spiro atoms. The van der Waals surface area contributed by atoms with Gasteiger partial charge in [-0.1, -0.05) is 0 Å². The number of H-pyrrole nitrogens is 1. The third kappa shape index (κ3) is 3.08. The van der Waals surface area contributed by atoms with Gasteiger partial charge in [0.2, 0.25) is 6.10 Å². The maximum absolute atomic E-state index is 13.3. The van der Waals surface area contributed by atoms with Gasteiger partial charge in [-0.25, -0.2) is 9.37 Å². The average Bonchev–Trinajstić information content (AvgIpc) is 2.78. The minimum atomic E-state index is -4.79. The minimum Gasteiger partial charge on any atom is -0.377 e. The van der Waals surface area contributed by atoms with Crippen LogP contribution in [0.1, 0.15) is 23.2 Å². The molecule has 0 aliphatic carbocycles. The Morgan fingerprint density at radius 2 is 2.11 bits per heavy atom. The number of nitrogens with zero attached hydrogens (tertiary/aromatic N) is 2. The van der Waals surface area contributed by atoms with Gasteiger partial charge in [-0.2, -0.15) is 13.2 Å². The normalized spacial score (nSPS) is 13.5. The maximum atomic E-state index is 13.3. The van der Waals surface area contributed by atoms with Gasteiger partial charge in [0.25, 0.3) is 0 Å². The van der Waals surface area contributed by atoms with E-state index in [1.807, 2.05) is 0 Å². The maximum Gasteiger partial charge on any atom is 0.421 e. The summed E-state index contributed by atoms with van der Waals surface area (Å²) in [6.45, 7) is 0. The molecule has 0 fully saturated rings. The van der Waals surface area contributed by atoms with Crippen LogP contribution in [0.25, 0.3) is 0 Å². The lowest BCUT2D eigenvalue weighted by molar-refractivity contribution is -0.209. The molecule has 19 heavy (non-hydrogen) atoms. The smallest absolute Gasteiger partial charge is 0.377 e. The lowest BCUT2D eigenvalue weighted by Gasteiger charge is -2.11. The van der Waals surface area contributed by atoms with Crippen LogP contribution in [0.5, 0.6) is 0 Å². The van der Waals surface area contributed by atoms with E-state index in [-0.39, 0.29) is 17.7 Å². The van der Waals surface area contributed by atoms with Crippen LogP contribution in [0.2, 0.25) is 0 Å². The van der Waals surface area contributed by atoms with E-state index in [2.05, 4.69) is 15.0 Å². The number of aliphatic hydroxyl groups excluding tert-OH is 1. The highest BCUT2D eigenvalue weighted by molar-refractivity contribution is 5.20. The Kier molecular flexibility index (Phi) is 3.52. The van der Waals surface area contributed by atoms with E-state index in [1.165, 1.54) is 18.5 Å². The highest BCUT2D eigenvalue weighted by Crippen LogP contribution is 2.30. The van der Waals surface area contributed by atoms with Crippen molar-refractivity contribution >= 4 is 0 Å². The van der Waals surface area contributed by atoms with Crippen molar-refractivity contribution in [1.29, 1.82) is 0 Å². The molecule has 2 rings (SSSR count). The van der Waals surface area contributed by atoms with E-state index >= 15 is 0 Å². The summed E-state index contributed by atoms with van der Waals surface area (Å²) in [5.74, 6) is -1.18. The molecular formula is C11H9F4N3O. The largest absolute Gasteiger partial charge is 0.421 e. The molecule has 0 aliphatic rings. The molecule has 1 atom stereocenters. The minimum absolute atomic E-state index is 0.00936. The van der Waals surface area contributed by atoms with E-state index in [9.17, 15) is 17.6 Å². The molecule has 2 heterocycles. The molecule has 0 saturated carbocycles. The second-order valence-corrected chi connectivity index (χ2v) is 3.87. The van der Waals surface area contributed by atoms with Gasteiger partial charge in [-0.3, -0.25) is 4.98 Å². The predicted octanol–water partition coefficient (Wildman–Crippen LogP) is 2.13. The number of nitrogens with one attached hydrogen (secondary N) is 1. The third-order valence-electron chi connectivity index (χ3n) is 2.45. The summed E-state index contributed by atoms with van der Waals surface area (Å²) in [4.78, 5) is 9.39. The van der Waals surface area contributed by atoms with Crippen LogP contribution in [0.3, 0.4) is 0 Å². The van der Waals surface area contributed by atoms with Crippen LogP contribution >= 0.6 is 0 Å². The first kappa shape index (κ1) is 13.5. The van der Waals surface area contributed by atoms with Crippen molar-refractivity contribution in [3.8, 4) is 0 Å². The fourth-order valence-corrected chi connectivity index (χ4v) is 1.50. The van der Waals surface area contributed by atoms with Crippen molar-refractivity contribution in [2.24, 2.45) is 0 Å². The Hall–Kier alpha value is -1.96. The van der Waals surface area contributed by atoms with Crippen molar-refractivity contribution in [2.75, 3.05) is 0 Å². The zero-order valence-corrected chi connectivity index (χ0v) is 9.45. The molecule has 2 aromatic heterocycles. The van der Waals surface area contributed by atoms with Gasteiger partial charge >= 0.3 is 6.18 Å². The Balaban J connectivity index is 2.16. The molecule has 0 aliphatic heterocycles. The van der Waals surface area contributed by atoms with E-state index < -0.39 is 23.9 Å². The van der Waals surface area contributed by atoms with E-state index in [0.717, 1.165) is 6.20 Å². The Labute approximate surface area is 105 Å². The number of pyridine rings is 1. The number of aromatic amines is 1. The van der Waals surface area contributed by atoms with Crippen LogP contribution in [-0.2, 0) is 6.42 Å². The number of hydrogen-bond donors (Lipinski definition) is 2. The predicted molar refractivity (Wildman–Crippen MR) is 56.6 cm³/mol. The third-order valence-corrected chi connectivity index (χ3v) is 2.45. The zero-order valence-electron chi connectivity index (χ0n) is 9.45. The fraction of sp³-hybridized carbons (Fsp3) is 0.273. The van der Waals surface area contributed by atoms with Crippen LogP contribution < -0.4 is 0 Å². The van der Waals surface area contributed by atoms with Gasteiger partial charge in [0, 0.05) is 18.8 Å². The van der Waals surface area contributed by atoms with Crippen LogP contribution in [0.4, 0.5) is 17.6 Å². The molecule has 0 bridgehead atoms. The highest BCUT2D eigenvalue weighted by atomic mass is 19.4. The number of aliphatic hydroxyl groups is 1. The summed E-state index contributed by atoms with van der Waals surface area (Å²) in [7, 11) is 0. The molecule has 1 unspecified atom stereocenters. The molecule has 8 heteroatoms. The topological polar surface area (TPSA) is 61.8 Å². The first-order valence-corrected chi connectivity index (χ1v) is 5.25. The van der Waals surface area contributed by atoms with E-state index in [0.29, 0.717) is 0 Å². The summed E-state index contributed by atoms with van der Waals surface area (Å²) in [6, 6.07) is 1.41. The lowest BCUT2D eigenvalue weighted by atomic mass is 10.1. The van der Waals surface area contributed by atoms with Gasteiger partial charge in [0.15, 0.2) is 0 Å². The molecule has 102 valence electrons. The Morgan fingerprint density at radius 1 is 1.37 bits per heavy atom. The SMILES string of the molecule is OC(c1nc(Cc2ccncc2F)c[nH]1)C(F)(F)F. The van der Waals surface area contributed by atoms with Gasteiger partial charge in [0.05, 0.1) is 11.9 Å². The molecule has 2 N–H and O–H groups in total. The number of alkyl halides is 3. The summed E-state index contributed by atoms with van der Waals surface area (Å²) < 4.78 is 50.1. The molecule has 0 saturated heterocycles. The number of halogens is 4. The fourth-order valence-electron chi connectivity index (χ4n) is 1.50. The molecule has 4 nitrogen and oxygen atoms in total. The molecular weight excluding hydrogens is 266 g/mol. The van der Waals surface area contributed by atoms with Crippen molar-refractivity contribution in [3.63, 3.8) is 0 Å². The van der Waals surface area contributed by atoms with Crippen molar-refractivity contribution in [3.05, 3.63) is 47.6 Å². The van der Waals surface area contributed by atoms with Crippen LogP contribution in [-0.4, -0.2) is 26.2 Å². The Bertz CT molecular complexity index is 567. The number of imidazole rings is 1. The number of aromatic nitrogens is 3. The molecule has 0 aromatic carbocycles. The number of rotatable bonds is 3. The van der Waals surface area contributed by atoms with Gasteiger partial charge in [-0.05, 0) is 11.6 Å². The van der Waals surface area contributed by atoms with Gasteiger partial charge in [-0.15, -0.1) is 0 Å². The quantitative estimate of drug-likeness (QED) is 0.843. The number of hydrogen-bond acceptors (Lipinski definition) is 3. The first-order valence-electron chi connectivity index (χ1n) is 5.25. The summed E-state index contributed by atoms with van der Waals surface area (Å²) >= 11 is 0. The summed E-state index contributed by atoms with van der Waals surface area (Å²) in [5, 5.41) is 8.99. The van der Waals surface area contributed by atoms with Gasteiger partial charge < -0.3 is 10.1 Å². The van der Waals surface area contributed by atoms with E-state index in [4.69, 9.17) is 5.11 Å². The van der Waals surface area contributed by atoms with Crippen LogP contribution in [0.15, 0.2) is 24.7 Å².